The molecule has 2 bridgehead atoms. The fraction of sp³-hybridized carbons (Fsp3) is 0.292. The van der Waals surface area contributed by atoms with Crippen LogP contribution in [0.4, 0.5) is 0 Å². The predicted molar refractivity (Wildman–Crippen MR) is 115 cm³/mol. The SMILES string of the molecule is O=C1C2=C(O)C(O)C=CN2N2CN1CCCCOc1ccccc1C2c1ccccc1. The number of para-hydroxylation sites is 1. The lowest BCUT2D eigenvalue weighted by Crippen LogP contribution is -2.58. The van der Waals surface area contributed by atoms with Crippen LogP contribution in [0.15, 0.2) is 78.3 Å². The highest BCUT2D eigenvalue weighted by Crippen LogP contribution is 2.40. The van der Waals surface area contributed by atoms with E-state index in [0.717, 1.165) is 29.7 Å². The predicted octanol–water partition coefficient (Wildman–Crippen LogP) is 2.93. The molecule has 3 unspecified atom stereocenters. The number of carbonyl (C=O) groups is 1. The Labute approximate surface area is 181 Å². The number of fused-ring (bicyclic) bond motifs is 5. The number of nitrogens with zero attached hydrogens (tertiary/aromatic N) is 3. The number of rotatable bonds is 1. The first-order chi connectivity index (χ1) is 15.1. The maximum atomic E-state index is 13.2. The molecule has 0 aliphatic carbocycles. The second kappa shape index (κ2) is 8.09. The van der Waals surface area contributed by atoms with Crippen LogP contribution in [0.3, 0.4) is 0 Å². The first-order valence-corrected chi connectivity index (χ1v) is 10.6. The third kappa shape index (κ3) is 3.45. The third-order valence-corrected chi connectivity index (χ3v) is 5.95. The quantitative estimate of drug-likeness (QED) is 0.740. The van der Waals surface area contributed by atoms with Gasteiger partial charge in [-0.3, -0.25) is 9.80 Å². The Kier molecular flexibility index (Phi) is 5.13. The molecule has 31 heavy (non-hydrogen) atoms. The van der Waals surface area contributed by atoms with Crippen LogP contribution < -0.4 is 4.74 Å². The van der Waals surface area contributed by atoms with Crippen molar-refractivity contribution in [2.24, 2.45) is 0 Å². The smallest absolute Gasteiger partial charge is 0.276 e. The van der Waals surface area contributed by atoms with Crippen LogP contribution in [0.1, 0.15) is 30.0 Å². The molecule has 0 aromatic heterocycles. The Hall–Kier alpha value is -3.29. The van der Waals surface area contributed by atoms with Crippen LogP contribution in [-0.4, -0.2) is 57.0 Å². The van der Waals surface area contributed by atoms with Crippen molar-refractivity contribution in [3.05, 3.63) is 89.5 Å². The van der Waals surface area contributed by atoms with Gasteiger partial charge in [0.2, 0.25) is 0 Å². The summed E-state index contributed by atoms with van der Waals surface area (Å²) < 4.78 is 6.15. The first kappa shape index (κ1) is 19.7. The van der Waals surface area contributed by atoms with Crippen LogP contribution >= 0.6 is 0 Å². The van der Waals surface area contributed by atoms with Gasteiger partial charge in [-0.05, 0) is 30.5 Å². The summed E-state index contributed by atoms with van der Waals surface area (Å²) >= 11 is 0. The van der Waals surface area contributed by atoms with E-state index >= 15 is 0 Å². The second-order valence-corrected chi connectivity index (χ2v) is 7.92. The van der Waals surface area contributed by atoms with Crippen LogP contribution in [0.25, 0.3) is 0 Å². The Morgan fingerprint density at radius 2 is 1.77 bits per heavy atom. The van der Waals surface area contributed by atoms with Gasteiger partial charge in [0.15, 0.2) is 11.5 Å². The molecular formula is C24H25N3O4. The van der Waals surface area contributed by atoms with Crippen molar-refractivity contribution in [2.75, 3.05) is 19.8 Å². The maximum Gasteiger partial charge on any atom is 0.276 e. The number of aliphatic hydroxyl groups excluding tert-OH is 2. The summed E-state index contributed by atoms with van der Waals surface area (Å²) in [4.78, 5) is 15.0. The normalized spacial score (nSPS) is 26.0. The summed E-state index contributed by atoms with van der Waals surface area (Å²) in [5.41, 5.74) is 2.11. The Balaban J connectivity index is 1.71. The summed E-state index contributed by atoms with van der Waals surface area (Å²) in [6.07, 6.45) is 3.54. The van der Waals surface area contributed by atoms with E-state index in [4.69, 9.17) is 4.74 Å². The molecule has 1 amide bonds. The number of benzene rings is 2. The van der Waals surface area contributed by atoms with Crippen LogP contribution in [0.5, 0.6) is 5.75 Å². The fourth-order valence-corrected chi connectivity index (χ4v) is 4.42. The van der Waals surface area contributed by atoms with Crippen molar-refractivity contribution in [1.82, 2.24) is 14.9 Å². The molecule has 3 aliphatic heterocycles. The minimum absolute atomic E-state index is 0.0971. The molecule has 5 rings (SSSR count). The summed E-state index contributed by atoms with van der Waals surface area (Å²) in [6, 6.07) is 17.7. The van der Waals surface area contributed by atoms with Crippen molar-refractivity contribution in [3.63, 3.8) is 0 Å². The average molecular weight is 419 g/mol. The van der Waals surface area contributed by atoms with E-state index in [-0.39, 0.29) is 23.4 Å². The van der Waals surface area contributed by atoms with Gasteiger partial charge < -0.3 is 19.8 Å². The number of carbonyl (C=O) groups excluding carboxylic acids is 1. The van der Waals surface area contributed by atoms with E-state index in [1.807, 2.05) is 59.6 Å². The molecule has 1 saturated heterocycles. The van der Waals surface area contributed by atoms with Crippen LogP contribution in [0.2, 0.25) is 0 Å². The van der Waals surface area contributed by atoms with E-state index in [1.54, 1.807) is 16.1 Å². The molecule has 7 nitrogen and oxygen atoms in total. The highest BCUT2D eigenvalue weighted by molar-refractivity contribution is 5.94. The molecule has 3 atom stereocenters. The zero-order valence-corrected chi connectivity index (χ0v) is 17.1. The zero-order valence-electron chi connectivity index (χ0n) is 17.1. The van der Waals surface area contributed by atoms with E-state index in [9.17, 15) is 15.0 Å². The first-order valence-electron chi connectivity index (χ1n) is 10.6. The largest absolute Gasteiger partial charge is 0.507 e. The van der Waals surface area contributed by atoms with Crippen LogP contribution in [0, 0.1) is 0 Å². The van der Waals surface area contributed by atoms with E-state index in [1.165, 1.54) is 6.08 Å². The van der Waals surface area contributed by atoms with Gasteiger partial charge in [-0.25, -0.2) is 0 Å². The van der Waals surface area contributed by atoms with Crippen molar-refractivity contribution < 1.29 is 19.7 Å². The van der Waals surface area contributed by atoms with E-state index in [0.29, 0.717) is 19.8 Å². The average Bonchev–Trinajstić information content (AvgIpc) is 2.82. The van der Waals surface area contributed by atoms with Crippen molar-refractivity contribution in [1.29, 1.82) is 0 Å². The second-order valence-electron chi connectivity index (χ2n) is 7.92. The van der Waals surface area contributed by atoms with Gasteiger partial charge >= 0.3 is 0 Å². The molecule has 3 aliphatic rings. The number of hydrazine groups is 1. The third-order valence-electron chi connectivity index (χ3n) is 5.95. The Bertz CT molecular complexity index is 1040. The lowest BCUT2D eigenvalue weighted by molar-refractivity contribution is -0.149. The molecule has 2 aromatic carbocycles. The molecule has 0 spiro atoms. The van der Waals surface area contributed by atoms with E-state index < -0.39 is 6.10 Å². The fourth-order valence-electron chi connectivity index (χ4n) is 4.42. The van der Waals surface area contributed by atoms with Gasteiger partial charge in [0.05, 0.1) is 19.3 Å². The summed E-state index contributed by atoms with van der Waals surface area (Å²) in [5, 5.41) is 24.5. The topological polar surface area (TPSA) is 76.5 Å². The molecule has 160 valence electrons. The standard InChI is InChI=1S/C24H25N3O4/c28-19-12-14-26-22(23(19)29)24(30)25-13-6-7-15-31-20-11-5-4-10-18(20)21(27(26)16-25)17-8-2-1-3-9-17/h1-5,8-12,14,19,21,28-29H,6-7,13,15-16H2. The van der Waals surface area contributed by atoms with Crippen molar-refractivity contribution in [2.45, 2.75) is 25.0 Å². The Morgan fingerprint density at radius 3 is 2.61 bits per heavy atom. The summed E-state index contributed by atoms with van der Waals surface area (Å²) in [5.74, 6) is 0.198. The molecule has 3 heterocycles. The number of amides is 1. The molecule has 2 aromatic rings. The Morgan fingerprint density at radius 1 is 1.00 bits per heavy atom. The highest BCUT2D eigenvalue weighted by atomic mass is 16.5. The summed E-state index contributed by atoms with van der Waals surface area (Å²) in [7, 11) is 0. The molecular weight excluding hydrogens is 394 g/mol. The minimum atomic E-state index is -1.20. The number of hydrogen-bond donors (Lipinski definition) is 2. The molecule has 0 saturated carbocycles. The minimum Gasteiger partial charge on any atom is -0.507 e. The monoisotopic (exact) mass is 419 g/mol. The van der Waals surface area contributed by atoms with Gasteiger partial charge in [-0.2, -0.15) is 5.01 Å². The van der Waals surface area contributed by atoms with Gasteiger partial charge in [0.25, 0.3) is 5.91 Å². The lowest BCUT2D eigenvalue weighted by atomic mass is 9.96. The number of hydrogen-bond acceptors (Lipinski definition) is 6. The van der Waals surface area contributed by atoms with Crippen molar-refractivity contribution in [3.8, 4) is 5.75 Å². The van der Waals surface area contributed by atoms with Gasteiger partial charge in [0, 0.05) is 18.3 Å². The van der Waals surface area contributed by atoms with E-state index in [2.05, 4.69) is 0 Å². The number of ether oxygens (including phenoxy) is 1. The van der Waals surface area contributed by atoms with Gasteiger partial charge in [0.1, 0.15) is 11.9 Å². The molecule has 0 radical (unpaired) electrons. The maximum absolute atomic E-state index is 13.2. The summed E-state index contributed by atoms with van der Waals surface area (Å²) in [6.45, 7) is 1.46. The molecule has 2 N–H and O–H groups in total. The van der Waals surface area contributed by atoms with Crippen LogP contribution in [-0.2, 0) is 4.79 Å². The number of aliphatic hydroxyl groups is 2. The van der Waals surface area contributed by atoms with Gasteiger partial charge in [-0.15, -0.1) is 0 Å². The molecule has 1 fully saturated rings. The molecule has 7 heteroatoms. The van der Waals surface area contributed by atoms with Gasteiger partial charge in [-0.1, -0.05) is 48.5 Å². The lowest BCUT2D eigenvalue weighted by Gasteiger charge is -2.48. The zero-order chi connectivity index (χ0) is 21.4. The van der Waals surface area contributed by atoms with Crippen molar-refractivity contribution >= 4 is 5.91 Å². The highest BCUT2D eigenvalue weighted by Gasteiger charge is 2.43.